The van der Waals surface area contributed by atoms with Crippen LogP contribution in [0.4, 0.5) is 4.39 Å². The highest BCUT2D eigenvalue weighted by Gasteiger charge is 2.40. The number of hydrogen-bond acceptors (Lipinski definition) is 4. The van der Waals surface area contributed by atoms with Crippen LogP contribution < -0.4 is 5.73 Å². The molecule has 0 radical (unpaired) electrons. The molecule has 110 valence electrons. The van der Waals surface area contributed by atoms with E-state index >= 15 is 0 Å². The Morgan fingerprint density at radius 3 is 2.86 bits per heavy atom. The predicted molar refractivity (Wildman–Crippen MR) is 72.0 cm³/mol. The highest BCUT2D eigenvalue weighted by molar-refractivity contribution is 5.79. The minimum absolute atomic E-state index is 0.0827. The van der Waals surface area contributed by atoms with Crippen LogP contribution >= 0.6 is 0 Å². The first-order valence-electron chi connectivity index (χ1n) is 7.00. The van der Waals surface area contributed by atoms with Gasteiger partial charge in [-0.15, -0.1) is 0 Å². The molecule has 1 heterocycles. The van der Waals surface area contributed by atoms with Gasteiger partial charge in [-0.05, 0) is 36.6 Å². The number of rotatable bonds is 2. The number of amides is 1. The number of carbonyl (C=O) groups excluding carboxylic acids is 1. The summed E-state index contributed by atoms with van der Waals surface area (Å²) in [5.74, 6) is -0.680. The number of benzene rings is 1. The molecule has 1 atom stereocenters. The molecule has 1 aromatic carbocycles. The molecule has 0 aromatic heterocycles. The van der Waals surface area contributed by atoms with Crippen molar-refractivity contribution >= 4 is 5.91 Å². The quantitative estimate of drug-likeness (QED) is 0.897. The Bertz CT molecular complexity index is 607. The Morgan fingerprint density at radius 2 is 2.19 bits per heavy atom. The van der Waals surface area contributed by atoms with Gasteiger partial charge in [0.25, 0.3) is 0 Å². The molecule has 2 aliphatic rings. The minimum atomic E-state index is -0.478. The van der Waals surface area contributed by atoms with Gasteiger partial charge in [0, 0.05) is 18.4 Å². The van der Waals surface area contributed by atoms with E-state index in [-0.39, 0.29) is 29.5 Å². The van der Waals surface area contributed by atoms with Gasteiger partial charge in [-0.1, -0.05) is 0 Å². The molecule has 1 aliphatic carbocycles. The van der Waals surface area contributed by atoms with Crippen molar-refractivity contribution in [2.75, 3.05) is 6.61 Å². The molecule has 0 bridgehead atoms. The molecule has 0 spiro atoms. The van der Waals surface area contributed by atoms with Crippen LogP contribution in [-0.4, -0.2) is 23.6 Å². The first-order valence-corrected chi connectivity index (χ1v) is 7.00. The fraction of sp³-hybridized carbons (Fsp3) is 0.467. The first-order chi connectivity index (χ1) is 10.1. The van der Waals surface area contributed by atoms with Crippen LogP contribution in [0.3, 0.4) is 0 Å². The van der Waals surface area contributed by atoms with Gasteiger partial charge in [0.1, 0.15) is 5.82 Å². The molecule has 1 aromatic rings. The van der Waals surface area contributed by atoms with Crippen LogP contribution in [0.25, 0.3) is 0 Å². The first kappa shape index (κ1) is 14.0. The van der Waals surface area contributed by atoms with Crippen molar-refractivity contribution in [3.8, 4) is 6.07 Å². The van der Waals surface area contributed by atoms with Crippen LogP contribution in [0.1, 0.15) is 36.4 Å². The highest BCUT2D eigenvalue weighted by Crippen LogP contribution is 2.36. The van der Waals surface area contributed by atoms with Crippen LogP contribution in [-0.2, 0) is 9.63 Å². The smallest absolute Gasteiger partial charge is 0.249 e. The maximum atomic E-state index is 13.6. The van der Waals surface area contributed by atoms with Gasteiger partial charge < -0.3 is 5.73 Å². The molecule has 1 amide bonds. The molecule has 2 fully saturated rings. The lowest BCUT2D eigenvalue weighted by Gasteiger charge is -2.35. The summed E-state index contributed by atoms with van der Waals surface area (Å²) in [7, 11) is 0. The Kier molecular flexibility index (Phi) is 3.62. The van der Waals surface area contributed by atoms with Gasteiger partial charge >= 0.3 is 0 Å². The van der Waals surface area contributed by atoms with Gasteiger partial charge in [-0.2, -0.15) is 5.26 Å². The average Bonchev–Trinajstić information content (AvgIpc) is 2.92. The van der Waals surface area contributed by atoms with E-state index in [9.17, 15) is 9.18 Å². The van der Waals surface area contributed by atoms with E-state index in [1.54, 1.807) is 6.07 Å². The number of halogens is 1. The summed E-state index contributed by atoms with van der Waals surface area (Å²) in [6.45, 7) is 0.410. The maximum Gasteiger partial charge on any atom is 0.249 e. The van der Waals surface area contributed by atoms with Gasteiger partial charge in [0.05, 0.1) is 24.3 Å². The van der Waals surface area contributed by atoms with Crippen molar-refractivity contribution in [1.29, 1.82) is 5.26 Å². The molecule has 6 heteroatoms. The number of hydrogen-bond donors (Lipinski definition) is 1. The van der Waals surface area contributed by atoms with E-state index in [1.165, 1.54) is 17.2 Å². The molecule has 21 heavy (non-hydrogen) atoms. The van der Waals surface area contributed by atoms with E-state index in [4.69, 9.17) is 15.8 Å². The zero-order valence-electron chi connectivity index (χ0n) is 11.5. The van der Waals surface area contributed by atoms with Crippen molar-refractivity contribution in [3.63, 3.8) is 0 Å². The second-order valence-corrected chi connectivity index (χ2v) is 5.62. The van der Waals surface area contributed by atoms with Gasteiger partial charge in [-0.25, -0.2) is 9.45 Å². The second kappa shape index (κ2) is 5.43. The van der Waals surface area contributed by atoms with E-state index in [2.05, 4.69) is 0 Å². The van der Waals surface area contributed by atoms with Gasteiger partial charge in [0.2, 0.25) is 5.91 Å². The Balaban J connectivity index is 1.82. The van der Waals surface area contributed by atoms with E-state index < -0.39 is 5.82 Å². The summed E-state index contributed by atoms with van der Waals surface area (Å²) in [5.41, 5.74) is 6.56. The third kappa shape index (κ3) is 2.62. The third-order valence-corrected chi connectivity index (χ3v) is 4.08. The normalized spacial score (nSPS) is 28.0. The van der Waals surface area contributed by atoms with Crippen molar-refractivity contribution in [2.24, 2.45) is 11.7 Å². The number of nitrogens with zero attached hydrogens (tertiary/aromatic N) is 2. The molecular weight excluding hydrogens is 273 g/mol. The summed E-state index contributed by atoms with van der Waals surface area (Å²) in [6, 6.07) is 5.81. The monoisotopic (exact) mass is 289 g/mol. The maximum absolute atomic E-state index is 13.6. The lowest BCUT2D eigenvalue weighted by molar-refractivity contribution is -0.185. The van der Waals surface area contributed by atoms with Crippen LogP contribution in [0, 0.1) is 23.1 Å². The summed E-state index contributed by atoms with van der Waals surface area (Å²) in [5, 5.41) is 10.3. The SMILES string of the molecule is N#Cc1cc(F)cc([C@@H]2CCON2C(=O)C2CC(N)C2)c1. The van der Waals surface area contributed by atoms with Crippen molar-refractivity contribution in [1.82, 2.24) is 5.06 Å². The zero-order chi connectivity index (χ0) is 15.0. The predicted octanol–water partition coefficient (Wildman–Crippen LogP) is 1.64. The molecule has 1 saturated heterocycles. The molecule has 5 nitrogen and oxygen atoms in total. The summed E-state index contributed by atoms with van der Waals surface area (Å²) >= 11 is 0. The van der Waals surface area contributed by atoms with E-state index in [0.717, 1.165) is 0 Å². The molecule has 3 rings (SSSR count). The van der Waals surface area contributed by atoms with Crippen LogP contribution in [0.15, 0.2) is 18.2 Å². The third-order valence-electron chi connectivity index (χ3n) is 4.08. The average molecular weight is 289 g/mol. The van der Waals surface area contributed by atoms with Gasteiger partial charge in [0.15, 0.2) is 0 Å². The number of carbonyl (C=O) groups is 1. The van der Waals surface area contributed by atoms with Crippen molar-refractivity contribution in [3.05, 3.63) is 35.1 Å². The van der Waals surface area contributed by atoms with E-state index in [1.807, 2.05) is 6.07 Å². The topological polar surface area (TPSA) is 79.3 Å². The molecule has 2 N–H and O–H groups in total. The van der Waals surface area contributed by atoms with Crippen molar-refractivity contribution in [2.45, 2.75) is 31.3 Å². The zero-order valence-corrected chi connectivity index (χ0v) is 11.5. The van der Waals surface area contributed by atoms with Crippen LogP contribution in [0.5, 0.6) is 0 Å². The van der Waals surface area contributed by atoms with Crippen LogP contribution in [0.2, 0.25) is 0 Å². The minimum Gasteiger partial charge on any atom is -0.328 e. The number of nitriles is 1. The summed E-state index contributed by atoms with van der Waals surface area (Å²) < 4.78 is 13.6. The molecular formula is C15H16FN3O2. The van der Waals surface area contributed by atoms with Crippen molar-refractivity contribution < 1.29 is 14.0 Å². The number of nitrogens with two attached hydrogens (primary N) is 1. The number of hydroxylamine groups is 2. The van der Waals surface area contributed by atoms with E-state index in [0.29, 0.717) is 31.4 Å². The Morgan fingerprint density at radius 1 is 1.43 bits per heavy atom. The van der Waals surface area contributed by atoms with Gasteiger partial charge in [-0.3, -0.25) is 9.63 Å². The molecule has 1 saturated carbocycles. The summed E-state index contributed by atoms with van der Waals surface area (Å²) in [4.78, 5) is 17.8. The molecule has 0 unspecified atom stereocenters. The highest BCUT2D eigenvalue weighted by atomic mass is 19.1. The fourth-order valence-corrected chi connectivity index (χ4v) is 2.90. The lowest BCUT2D eigenvalue weighted by Crippen LogP contribution is -2.46. The summed E-state index contributed by atoms with van der Waals surface area (Å²) in [6.07, 6.45) is 1.93. The fourth-order valence-electron chi connectivity index (χ4n) is 2.90. The second-order valence-electron chi connectivity index (χ2n) is 5.62. The largest absolute Gasteiger partial charge is 0.328 e. The Labute approximate surface area is 122 Å². The molecule has 1 aliphatic heterocycles. The standard InChI is InChI=1S/C15H16FN3O2/c16-12-4-9(8-17)3-10(5-12)14-1-2-21-19(14)15(20)11-6-13(18)7-11/h3-5,11,13-14H,1-2,6-7,18H2/t11?,13?,14-/m0/s1. The lowest BCUT2D eigenvalue weighted by atomic mass is 9.80. The Hall–Kier alpha value is -1.97.